The molecule has 0 fully saturated rings. The van der Waals surface area contributed by atoms with Gasteiger partial charge in [-0.25, -0.2) is 4.79 Å². The monoisotopic (exact) mass is 498 g/mol. The molecule has 0 unspecified atom stereocenters. The van der Waals surface area contributed by atoms with Crippen LogP contribution in [0.1, 0.15) is 38.7 Å². The molecule has 1 aromatic heterocycles. The van der Waals surface area contributed by atoms with E-state index in [2.05, 4.69) is 5.32 Å². The molecule has 2 aromatic carbocycles. The summed E-state index contributed by atoms with van der Waals surface area (Å²) in [4.78, 5) is 62.2. The fourth-order valence-corrected chi connectivity index (χ4v) is 3.61. The largest absolute Gasteiger partial charge is 0.457 e. The summed E-state index contributed by atoms with van der Waals surface area (Å²) < 4.78 is 6.77. The molecule has 182 valence electrons. The fourth-order valence-electron chi connectivity index (χ4n) is 3.38. The molecule has 0 aliphatic rings. The molecule has 3 aromatic rings. The van der Waals surface area contributed by atoms with Gasteiger partial charge in [-0.05, 0) is 17.7 Å². The number of hydrogen-bond acceptors (Lipinski definition) is 7. The molecule has 3 N–H and O–H groups in total. The SMILES string of the molecule is Cn1c(N)c(C(=O)COC(=O)C[C@H](NC(=O)c2ccccc2Cl)c2ccccc2)c(=O)n(C)c1=O. The number of esters is 1. The molecular weight excluding hydrogens is 476 g/mol. The summed E-state index contributed by atoms with van der Waals surface area (Å²) in [6.07, 6.45) is -0.297. The predicted molar refractivity (Wildman–Crippen MR) is 129 cm³/mol. The van der Waals surface area contributed by atoms with Crippen LogP contribution in [0.3, 0.4) is 0 Å². The summed E-state index contributed by atoms with van der Waals surface area (Å²) in [5, 5.41) is 3.01. The van der Waals surface area contributed by atoms with E-state index < -0.39 is 47.1 Å². The zero-order chi connectivity index (χ0) is 25.7. The Morgan fingerprint density at radius 3 is 2.29 bits per heavy atom. The molecular formula is C24H23ClN4O6. The van der Waals surface area contributed by atoms with Crippen molar-refractivity contribution in [3.8, 4) is 0 Å². The molecule has 11 heteroatoms. The third-order valence-corrected chi connectivity index (χ3v) is 5.68. The maximum atomic E-state index is 12.8. The second kappa shape index (κ2) is 10.8. The lowest BCUT2D eigenvalue weighted by molar-refractivity contribution is -0.143. The van der Waals surface area contributed by atoms with Crippen molar-refractivity contribution >= 4 is 35.1 Å². The minimum Gasteiger partial charge on any atom is -0.457 e. The molecule has 0 aliphatic heterocycles. The number of rotatable bonds is 8. The second-order valence-electron chi connectivity index (χ2n) is 7.67. The van der Waals surface area contributed by atoms with Crippen LogP contribution in [0.2, 0.25) is 5.02 Å². The van der Waals surface area contributed by atoms with Gasteiger partial charge in [0.05, 0.1) is 23.0 Å². The van der Waals surface area contributed by atoms with Gasteiger partial charge in [0.1, 0.15) is 11.4 Å². The van der Waals surface area contributed by atoms with Crippen LogP contribution in [0.5, 0.6) is 0 Å². The van der Waals surface area contributed by atoms with Crippen LogP contribution < -0.4 is 22.3 Å². The molecule has 1 atom stereocenters. The topological polar surface area (TPSA) is 142 Å². The van der Waals surface area contributed by atoms with Crippen LogP contribution in [0, 0.1) is 0 Å². The number of ether oxygens (including phenoxy) is 1. The number of amides is 1. The molecule has 35 heavy (non-hydrogen) atoms. The number of halogens is 1. The molecule has 1 heterocycles. The molecule has 0 radical (unpaired) electrons. The molecule has 0 aliphatic carbocycles. The Balaban J connectivity index is 1.75. The Hall–Kier alpha value is -4.18. The van der Waals surface area contributed by atoms with E-state index in [-0.39, 0.29) is 22.8 Å². The number of nitrogens with one attached hydrogen (secondary N) is 1. The van der Waals surface area contributed by atoms with E-state index >= 15 is 0 Å². The molecule has 1 amide bonds. The number of anilines is 1. The summed E-state index contributed by atoms with van der Waals surface area (Å²) in [5.74, 6) is -2.47. The van der Waals surface area contributed by atoms with Crippen molar-refractivity contribution in [2.45, 2.75) is 12.5 Å². The van der Waals surface area contributed by atoms with Crippen LogP contribution in [-0.4, -0.2) is 33.4 Å². The van der Waals surface area contributed by atoms with Gasteiger partial charge >= 0.3 is 11.7 Å². The number of nitrogens with zero attached hydrogens (tertiary/aromatic N) is 2. The summed E-state index contributed by atoms with van der Waals surface area (Å²) in [5.41, 5.74) is 4.61. The van der Waals surface area contributed by atoms with Gasteiger partial charge in [-0.15, -0.1) is 0 Å². The van der Waals surface area contributed by atoms with E-state index in [0.717, 1.165) is 9.13 Å². The van der Waals surface area contributed by atoms with Gasteiger partial charge in [0.15, 0.2) is 6.61 Å². The normalized spacial score (nSPS) is 11.5. The average Bonchev–Trinajstić information content (AvgIpc) is 2.85. The molecule has 0 spiro atoms. The van der Waals surface area contributed by atoms with Crippen molar-refractivity contribution in [3.05, 3.63) is 97.1 Å². The first-order valence-electron chi connectivity index (χ1n) is 10.5. The van der Waals surface area contributed by atoms with Crippen LogP contribution in [0.4, 0.5) is 5.82 Å². The Morgan fingerprint density at radius 1 is 1.00 bits per heavy atom. The highest BCUT2D eigenvalue weighted by atomic mass is 35.5. The lowest BCUT2D eigenvalue weighted by atomic mass is 10.0. The summed E-state index contributed by atoms with van der Waals surface area (Å²) >= 11 is 6.11. The maximum absolute atomic E-state index is 12.8. The van der Waals surface area contributed by atoms with E-state index in [1.54, 1.807) is 54.6 Å². The van der Waals surface area contributed by atoms with Crippen molar-refractivity contribution in [3.63, 3.8) is 0 Å². The number of ketones is 1. The highest BCUT2D eigenvalue weighted by molar-refractivity contribution is 6.33. The van der Waals surface area contributed by atoms with Gasteiger partial charge in [-0.1, -0.05) is 54.1 Å². The van der Waals surface area contributed by atoms with Crippen LogP contribution in [0.15, 0.2) is 64.2 Å². The number of Topliss-reactive ketones (excluding diaryl/α,β-unsaturated/α-hetero) is 1. The van der Waals surface area contributed by atoms with Crippen molar-refractivity contribution < 1.29 is 19.1 Å². The Bertz CT molecular complexity index is 1400. The van der Waals surface area contributed by atoms with Gasteiger partial charge in [0.25, 0.3) is 11.5 Å². The number of carbonyl (C=O) groups excluding carboxylic acids is 3. The predicted octanol–water partition coefficient (Wildman–Crippen LogP) is 1.61. The van der Waals surface area contributed by atoms with Crippen LogP contribution in [0.25, 0.3) is 0 Å². The molecule has 10 nitrogen and oxygen atoms in total. The molecule has 0 bridgehead atoms. The first-order valence-corrected chi connectivity index (χ1v) is 10.8. The number of nitrogen functional groups attached to an aromatic ring is 1. The minimum absolute atomic E-state index is 0.236. The Morgan fingerprint density at radius 2 is 1.63 bits per heavy atom. The Kier molecular flexibility index (Phi) is 7.87. The standard InChI is InChI=1S/C24H23ClN4O6/c1-28-21(26)20(23(33)29(2)24(28)34)18(30)13-35-19(31)12-17(14-8-4-3-5-9-14)27-22(32)15-10-6-7-11-16(15)25/h3-11,17H,12-13,26H2,1-2H3,(H,27,32)/t17-/m0/s1. The maximum Gasteiger partial charge on any atom is 0.332 e. The van der Waals surface area contributed by atoms with Gasteiger partial charge in [-0.2, -0.15) is 0 Å². The van der Waals surface area contributed by atoms with Crippen molar-refractivity contribution in [2.24, 2.45) is 14.1 Å². The summed E-state index contributed by atoms with van der Waals surface area (Å²) in [6, 6.07) is 14.4. The zero-order valence-electron chi connectivity index (χ0n) is 19.0. The molecule has 0 saturated heterocycles. The van der Waals surface area contributed by atoms with Gasteiger partial charge in [-0.3, -0.25) is 28.3 Å². The van der Waals surface area contributed by atoms with Crippen molar-refractivity contribution in [1.29, 1.82) is 0 Å². The number of carbonyl (C=O) groups is 3. The fraction of sp³-hybridized carbons (Fsp3) is 0.208. The summed E-state index contributed by atoms with van der Waals surface area (Å²) in [7, 11) is 2.52. The smallest absolute Gasteiger partial charge is 0.332 e. The van der Waals surface area contributed by atoms with Gasteiger partial charge in [0.2, 0.25) is 5.78 Å². The lowest BCUT2D eigenvalue weighted by Gasteiger charge is -2.19. The van der Waals surface area contributed by atoms with Gasteiger partial charge in [0, 0.05) is 14.1 Å². The number of nitrogens with two attached hydrogens (primary N) is 1. The quantitative estimate of drug-likeness (QED) is 0.355. The second-order valence-corrected chi connectivity index (χ2v) is 8.08. The Labute approximate surface area is 204 Å². The van der Waals surface area contributed by atoms with E-state index in [4.69, 9.17) is 22.1 Å². The van der Waals surface area contributed by atoms with Crippen molar-refractivity contribution in [1.82, 2.24) is 14.5 Å². The third kappa shape index (κ3) is 5.67. The highest BCUT2D eigenvalue weighted by Crippen LogP contribution is 2.21. The average molecular weight is 499 g/mol. The number of aromatic nitrogens is 2. The number of hydrogen-bond donors (Lipinski definition) is 2. The third-order valence-electron chi connectivity index (χ3n) is 5.35. The van der Waals surface area contributed by atoms with E-state index in [1.165, 1.54) is 14.1 Å². The van der Waals surface area contributed by atoms with E-state index in [1.807, 2.05) is 0 Å². The summed E-state index contributed by atoms with van der Waals surface area (Å²) in [6.45, 7) is -0.767. The molecule has 0 saturated carbocycles. The molecule has 3 rings (SSSR count). The van der Waals surface area contributed by atoms with Gasteiger partial charge < -0.3 is 15.8 Å². The zero-order valence-corrected chi connectivity index (χ0v) is 19.7. The van der Waals surface area contributed by atoms with E-state index in [9.17, 15) is 24.0 Å². The van der Waals surface area contributed by atoms with Crippen LogP contribution in [-0.2, 0) is 23.6 Å². The van der Waals surface area contributed by atoms with E-state index in [0.29, 0.717) is 5.56 Å². The first-order chi connectivity index (χ1) is 16.6. The first kappa shape index (κ1) is 25.4. The van der Waals surface area contributed by atoms with Crippen LogP contribution >= 0.6 is 11.6 Å². The van der Waals surface area contributed by atoms with Crippen molar-refractivity contribution in [2.75, 3.05) is 12.3 Å². The number of benzene rings is 2. The highest BCUT2D eigenvalue weighted by Gasteiger charge is 2.24. The lowest BCUT2D eigenvalue weighted by Crippen LogP contribution is -2.42. The minimum atomic E-state index is -0.888.